The van der Waals surface area contributed by atoms with Crippen LogP contribution in [0.1, 0.15) is 0 Å². The summed E-state index contributed by atoms with van der Waals surface area (Å²) in [5.74, 6) is 4.66. The van der Waals surface area contributed by atoms with Gasteiger partial charge in [0.25, 0.3) is 0 Å². The molecule has 5 nitrogen and oxygen atoms in total. The van der Waals surface area contributed by atoms with Crippen LogP contribution in [0, 0.1) is 0 Å². The molecular formula is C27H42Cl6N4O. The molecule has 0 aliphatic rings. The first-order valence-corrected chi connectivity index (χ1v) is 15.6. The highest BCUT2D eigenvalue weighted by Gasteiger charge is 2.05. The molecule has 1 N–H and O–H groups in total. The van der Waals surface area contributed by atoms with Crippen molar-refractivity contribution in [2.24, 2.45) is 0 Å². The number of hydrogen-bond donors (Lipinski definition) is 1. The van der Waals surface area contributed by atoms with Crippen LogP contribution in [-0.4, -0.2) is 101 Å². The highest BCUT2D eigenvalue weighted by molar-refractivity contribution is 6.19. The minimum Gasteiger partial charge on any atom is -0.497 e. The van der Waals surface area contributed by atoms with Crippen molar-refractivity contribution in [3.8, 4) is 5.75 Å². The van der Waals surface area contributed by atoms with Crippen molar-refractivity contribution in [2.45, 2.75) is 0 Å². The van der Waals surface area contributed by atoms with Gasteiger partial charge >= 0.3 is 0 Å². The highest BCUT2D eigenvalue weighted by atomic mass is 35.5. The van der Waals surface area contributed by atoms with E-state index in [1.54, 1.807) is 7.11 Å². The molecule has 0 radical (unpaired) electrons. The van der Waals surface area contributed by atoms with Gasteiger partial charge in [-0.3, -0.25) is 0 Å². The fraction of sp³-hybridized carbons (Fsp3) is 0.556. The SMILES string of the molecule is CN(CCCl)CCCl.CNc1ccc(N(CCCl)CCCl)cc1.COc1ccc(N(CCCl)CCCl)cc1. The van der Waals surface area contributed by atoms with Crippen molar-refractivity contribution < 1.29 is 4.74 Å². The Morgan fingerprint density at radius 3 is 1.21 bits per heavy atom. The molecule has 218 valence electrons. The molecule has 0 atom stereocenters. The molecule has 0 amide bonds. The largest absolute Gasteiger partial charge is 0.497 e. The van der Waals surface area contributed by atoms with Gasteiger partial charge in [-0.05, 0) is 55.6 Å². The number of rotatable bonds is 16. The molecule has 0 spiro atoms. The van der Waals surface area contributed by atoms with Crippen molar-refractivity contribution in [2.75, 3.05) is 111 Å². The molecule has 0 fully saturated rings. The van der Waals surface area contributed by atoms with E-state index in [-0.39, 0.29) is 0 Å². The van der Waals surface area contributed by atoms with E-state index in [9.17, 15) is 0 Å². The molecular weight excluding hydrogens is 609 g/mol. The van der Waals surface area contributed by atoms with Gasteiger partial charge in [-0.2, -0.15) is 0 Å². The topological polar surface area (TPSA) is 31.0 Å². The average molecular weight is 651 g/mol. The summed E-state index contributed by atoms with van der Waals surface area (Å²) >= 11 is 33.8. The van der Waals surface area contributed by atoms with Crippen molar-refractivity contribution in [3.05, 3.63) is 48.5 Å². The molecule has 0 unspecified atom stereocenters. The van der Waals surface area contributed by atoms with Gasteiger partial charge in [0.15, 0.2) is 0 Å². The Bertz CT molecular complexity index is 709. The number of alkyl halides is 6. The molecule has 2 rings (SSSR count). The molecule has 0 aliphatic carbocycles. The number of halogens is 6. The number of benzene rings is 2. The summed E-state index contributed by atoms with van der Waals surface area (Å²) in [6.45, 7) is 5.12. The lowest BCUT2D eigenvalue weighted by atomic mass is 10.2. The average Bonchev–Trinajstić information content (AvgIpc) is 2.94. The lowest BCUT2D eigenvalue weighted by Gasteiger charge is -2.22. The summed E-state index contributed by atoms with van der Waals surface area (Å²) in [6, 6.07) is 16.1. The van der Waals surface area contributed by atoms with Gasteiger partial charge in [-0.25, -0.2) is 0 Å². The van der Waals surface area contributed by atoms with Crippen LogP contribution in [0.25, 0.3) is 0 Å². The molecule has 0 saturated carbocycles. The van der Waals surface area contributed by atoms with Gasteiger partial charge in [-0.15, -0.1) is 69.6 Å². The second kappa shape index (κ2) is 25.3. The second-order valence-electron chi connectivity index (χ2n) is 7.91. The summed E-state index contributed by atoms with van der Waals surface area (Å²) in [5, 5.41) is 3.09. The lowest BCUT2D eigenvalue weighted by molar-refractivity contribution is 0.378. The van der Waals surface area contributed by atoms with Gasteiger partial charge < -0.3 is 24.8 Å². The quantitative estimate of drug-likeness (QED) is 0.192. The van der Waals surface area contributed by atoms with Crippen LogP contribution in [0.2, 0.25) is 0 Å². The standard InChI is InChI=1S/C11H16Cl2N2.C11H15Cl2NO.C5H11Cl2N/c1-14-10-2-4-11(5-3-10)15(8-6-12)9-7-13;1-15-11-4-2-10(3-5-11)14(8-6-12)9-7-13;1-8(4-2-6)5-3-7/h2-5,14H,6-9H2,1H3;2-5H,6-9H2,1H3;2-5H2,1H3. The number of ether oxygens (including phenoxy) is 1. The van der Waals surface area contributed by atoms with Gasteiger partial charge in [0.05, 0.1) is 7.11 Å². The fourth-order valence-corrected chi connectivity index (χ4v) is 4.57. The Kier molecular flexibility index (Phi) is 24.9. The van der Waals surface area contributed by atoms with Crippen molar-refractivity contribution in [3.63, 3.8) is 0 Å². The van der Waals surface area contributed by atoms with Crippen LogP contribution in [0.15, 0.2) is 48.5 Å². The molecule has 0 aromatic heterocycles. The first-order chi connectivity index (χ1) is 18.4. The molecule has 0 heterocycles. The third-order valence-corrected chi connectivity index (χ3v) is 6.32. The van der Waals surface area contributed by atoms with Gasteiger partial charge in [0, 0.05) is 98.7 Å². The molecule has 0 aliphatic heterocycles. The van der Waals surface area contributed by atoms with Crippen LogP contribution in [0.5, 0.6) is 5.75 Å². The lowest BCUT2D eigenvalue weighted by Crippen LogP contribution is -2.27. The van der Waals surface area contributed by atoms with Crippen LogP contribution in [0.3, 0.4) is 0 Å². The fourth-order valence-electron chi connectivity index (χ4n) is 3.18. The summed E-state index contributed by atoms with van der Waals surface area (Å²) in [7, 11) is 5.57. The summed E-state index contributed by atoms with van der Waals surface area (Å²) in [5.41, 5.74) is 3.39. The maximum absolute atomic E-state index is 5.74. The van der Waals surface area contributed by atoms with E-state index in [4.69, 9.17) is 74.3 Å². The van der Waals surface area contributed by atoms with Crippen molar-refractivity contribution in [1.29, 1.82) is 0 Å². The first kappa shape index (κ1) is 37.3. The molecule has 2 aromatic carbocycles. The number of nitrogens with zero attached hydrogens (tertiary/aromatic N) is 3. The van der Waals surface area contributed by atoms with Crippen LogP contribution >= 0.6 is 69.6 Å². The Morgan fingerprint density at radius 2 is 0.921 bits per heavy atom. The summed E-state index contributed by atoms with van der Waals surface area (Å²) in [6.07, 6.45) is 0. The zero-order valence-electron chi connectivity index (χ0n) is 22.6. The number of anilines is 3. The highest BCUT2D eigenvalue weighted by Crippen LogP contribution is 2.19. The predicted molar refractivity (Wildman–Crippen MR) is 175 cm³/mol. The van der Waals surface area contributed by atoms with Crippen LogP contribution in [0.4, 0.5) is 17.1 Å². The summed E-state index contributed by atoms with van der Waals surface area (Å²) in [4.78, 5) is 6.43. The smallest absolute Gasteiger partial charge is 0.119 e. The summed E-state index contributed by atoms with van der Waals surface area (Å²) < 4.78 is 5.10. The van der Waals surface area contributed by atoms with Crippen LogP contribution in [-0.2, 0) is 0 Å². The Balaban J connectivity index is 0.000000569. The van der Waals surface area contributed by atoms with Gasteiger partial charge in [0.2, 0.25) is 0 Å². The molecule has 11 heteroatoms. The maximum Gasteiger partial charge on any atom is 0.119 e. The molecule has 2 aromatic rings. The normalized spacial score (nSPS) is 10.2. The third-order valence-electron chi connectivity index (χ3n) is 5.31. The van der Waals surface area contributed by atoms with Gasteiger partial charge in [-0.1, -0.05) is 0 Å². The van der Waals surface area contributed by atoms with E-state index in [1.165, 1.54) is 0 Å². The van der Waals surface area contributed by atoms with Gasteiger partial charge in [0.1, 0.15) is 5.75 Å². The van der Waals surface area contributed by atoms with E-state index >= 15 is 0 Å². The van der Waals surface area contributed by atoms with Crippen molar-refractivity contribution >= 4 is 86.7 Å². The monoisotopic (exact) mass is 648 g/mol. The number of nitrogens with one attached hydrogen (secondary N) is 1. The molecule has 0 bridgehead atoms. The molecule has 0 saturated heterocycles. The Morgan fingerprint density at radius 1 is 0.579 bits per heavy atom. The zero-order chi connectivity index (χ0) is 28.6. The number of hydrogen-bond acceptors (Lipinski definition) is 5. The van der Waals surface area contributed by atoms with E-state index in [0.29, 0.717) is 35.3 Å². The Labute approximate surface area is 260 Å². The minimum atomic E-state index is 0.600. The van der Waals surface area contributed by atoms with E-state index in [1.807, 2.05) is 50.5 Å². The second-order valence-corrected chi connectivity index (χ2v) is 10.2. The predicted octanol–water partition coefficient (Wildman–Crippen LogP) is 7.39. The van der Waals surface area contributed by atoms with Crippen molar-refractivity contribution in [1.82, 2.24) is 4.90 Å². The first-order valence-electron chi connectivity index (χ1n) is 12.4. The number of methoxy groups -OCH3 is 1. The molecule has 38 heavy (non-hydrogen) atoms. The Hall–Kier alpha value is -0.660. The van der Waals surface area contributed by atoms with E-state index in [0.717, 1.165) is 62.1 Å². The maximum atomic E-state index is 5.74. The van der Waals surface area contributed by atoms with Crippen LogP contribution < -0.4 is 19.9 Å². The minimum absolute atomic E-state index is 0.600. The van der Waals surface area contributed by atoms with E-state index in [2.05, 4.69) is 32.1 Å². The zero-order valence-corrected chi connectivity index (χ0v) is 27.2. The third kappa shape index (κ3) is 17.1. The van der Waals surface area contributed by atoms with E-state index < -0.39 is 0 Å².